The minimum atomic E-state index is -1.61. The van der Waals surface area contributed by atoms with Crippen LogP contribution in [0.5, 0.6) is 0 Å². The molecule has 0 heterocycles. The maximum Gasteiger partial charge on any atom is 0.329 e. The molecule has 3 heteroatoms. The van der Waals surface area contributed by atoms with Crippen molar-refractivity contribution < 1.29 is 9.53 Å². The summed E-state index contributed by atoms with van der Waals surface area (Å²) in [5.74, 6) is 1.46. The molecule has 3 rings (SSSR count). The third kappa shape index (κ3) is 2.10. The van der Waals surface area contributed by atoms with Crippen molar-refractivity contribution in [1.29, 1.82) is 0 Å². The van der Waals surface area contributed by atoms with Gasteiger partial charge < -0.3 is 4.74 Å². The standard InChI is InChI=1S/C16H28O2Si/c1-7-14(17)18-11-19(5,6)16(4)9-8-12-10-13(16)15(12,2)3/h7,12-13H,1,8-11H2,2-6H3. The lowest BCUT2D eigenvalue weighted by Crippen LogP contribution is -2.62. The Morgan fingerprint density at radius 3 is 2.53 bits per heavy atom. The molecule has 0 spiro atoms. The molecule has 0 radical (unpaired) electrons. The van der Waals surface area contributed by atoms with Crippen molar-refractivity contribution in [3.05, 3.63) is 12.7 Å². The highest BCUT2D eigenvalue weighted by Gasteiger charge is 2.63. The normalized spacial score (nSPS) is 36.3. The maximum atomic E-state index is 11.3. The van der Waals surface area contributed by atoms with E-state index in [1.165, 1.54) is 25.3 Å². The van der Waals surface area contributed by atoms with Gasteiger partial charge in [0.1, 0.15) is 0 Å². The summed E-state index contributed by atoms with van der Waals surface area (Å²) in [6, 6.07) is 0. The van der Waals surface area contributed by atoms with Crippen molar-refractivity contribution in [3.63, 3.8) is 0 Å². The number of esters is 1. The van der Waals surface area contributed by atoms with Gasteiger partial charge in [-0.15, -0.1) is 0 Å². The largest absolute Gasteiger partial charge is 0.466 e. The molecule has 3 aliphatic carbocycles. The van der Waals surface area contributed by atoms with E-state index in [0.29, 0.717) is 16.7 Å². The molecule has 0 N–H and O–H groups in total. The second-order valence-corrected chi connectivity index (χ2v) is 13.2. The smallest absolute Gasteiger partial charge is 0.329 e. The van der Waals surface area contributed by atoms with Gasteiger partial charge in [-0.25, -0.2) is 4.79 Å². The third-order valence-electron chi connectivity index (χ3n) is 6.54. The second kappa shape index (κ2) is 4.47. The van der Waals surface area contributed by atoms with Crippen molar-refractivity contribution in [2.24, 2.45) is 17.3 Å². The van der Waals surface area contributed by atoms with Gasteiger partial charge in [0.25, 0.3) is 0 Å². The Morgan fingerprint density at radius 2 is 2.05 bits per heavy atom. The van der Waals surface area contributed by atoms with Gasteiger partial charge in [-0.2, -0.15) is 0 Å². The Bertz CT molecular complexity index is 398. The van der Waals surface area contributed by atoms with E-state index in [0.717, 1.165) is 11.8 Å². The van der Waals surface area contributed by atoms with Gasteiger partial charge >= 0.3 is 5.97 Å². The van der Waals surface area contributed by atoms with Crippen LogP contribution in [0.1, 0.15) is 40.0 Å². The monoisotopic (exact) mass is 280 g/mol. The van der Waals surface area contributed by atoms with Crippen LogP contribution in [-0.4, -0.2) is 20.3 Å². The van der Waals surface area contributed by atoms with E-state index in [-0.39, 0.29) is 5.97 Å². The summed E-state index contributed by atoms with van der Waals surface area (Å²) in [7, 11) is -1.61. The Labute approximate surface area is 118 Å². The molecule has 3 unspecified atom stereocenters. The van der Waals surface area contributed by atoms with E-state index in [4.69, 9.17) is 4.74 Å². The Kier molecular flexibility index (Phi) is 3.49. The fourth-order valence-corrected chi connectivity index (χ4v) is 7.61. The van der Waals surface area contributed by atoms with Crippen LogP contribution in [0.3, 0.4) is 0 Å². The zero-order chi connectivity index (χ0) is 14.5. The van der Waals surface area contributed by atoms with Crippen LogP contribution in [0.2, 0.25) is 18.1 Å². The van der Waals surface area contributed by atoms with Crippen LogP contribution >= 0.6 is 0 Å². The SMILES string of the molecule is C=CC(=O)OC[Si](C)(C)C1(C)CCC2CC1C2(C)C. The molecule has 3 aliphatic rings. The predicted molar refractivity (Wildman–Crippen MR) is 81.6 cm³/mol. The van der Waals surface area contributed by atoms with Crippen molar-refractivity contribution in [2.75, 3.05) is 6.23 Å². The first kappa shape index (κ1) is 14.8. The lowest BCUT2D eigenvalue weighted by Gasteiger charge is -2.68. The summed E-state index contributed by atoms with van der Waals surface area (Å²) in [6.45, 7) is 15.6. The summed E-state index contributed by atoms with van der Waals surface area (Å²) in [4.78, 5) is 11.3. The lowest BCUT2D eigenvalue weighted by molar-refractivity contribution is -0.136. The number of ether oxygens (including phenoxy) is 1. The number of rotatable bonds is 4. The highest BCUT2D eigenvalue weighted by Crippen LogP contribution is 2.71. The molecule has 0 aromatic rings. The summed E-state index contributed by atoms with van der Waals surface area (Å²) >= 11 is 0. The first-order valence-corrected chi connectivity index (χ1v) is 10.6. The highest BCUT2D eigenvalue weighted by atomic mass is 28.3. The zero-order valence-electron chi connectivity index (χ0n) is 13.1. The Hall–Kier alpha value is -0.573. The van der Waals surface area contributed by atoms with Gasteiger partial charge in [-0.1, -0.05) is 40.4 Å². The molecule has 2 bridgehead atoms. The zero-order valence-corrected chi connectivity index (χ0v) is 14.1. The van der Waals surface area contributed by atoms with Crippen molar-refractivity contribution in [3.8, 4) is 0 Å². The van der Waals surface area contributed by atoms with Crippen LogP contribution in [-0.2, 0) is 9.53 Å². The van der Waals surface area contributed by atoms with Crippen molar-refractivity contribution in [2.45, 2.75) is 58.2 Å². The summed E-state index contributed by atoms with van der Waals surface area (Å²) < 4.78 is 5.41. The van der Waals surface area contributed by atoms with Gasteiger partial charge in [0, 0.05) is 6.08 Å². The van der Waals surface area contributed by atoms with Crippen LogP contribution in [0.25, 0.3) is 0 Å². The molecule has 0 aromatic heterocycles. The first-order valence-electron chi connectivity index (χ1n) is 7.44. The topological polar surface area (TPSA) is 26.3 Å². The highest BCUT2D eigenvalue weighted by molar-refractivity contribution is 6.80. The minimum absolute atomic E-state index is 0.272. The van der Waals surface area contributed by atoms with E-state index in [1.54, 1.807) is 0 Å². The summed E-state index contributed by atoms with van der Waals surface area (Å²) in [5.41, 5.74) is 0.486. The molecule has 0 aliphatic heterocycles. The van der Waals surface area contributed by atoms with Gasteiger partial charge in [-0.05, 0) is 41.6 Å². The molecule has 3 saturated carbocycles. The summed E-state index contributed by atoms with van der Waals surface area (Å²) in [6.07, 6.45) is 5.96. The Morgan fingerprint density at radius 1 is 1.42 bits per heavy atom. The Balaban J connectivity index is 2.14. The van der Waals surface area contributed by atoms with Crippen LogP contribution in [0, 0.1) is 17.3 Å². The van der Waals surface area contributed by atoms with Crippen LogP contribution < -0.4 is 0 Å². The molecule has 0 aromatic carbocycles. The number of hydrogen-bond donors (Lipinski definition) is 0. The first-order chi connectivity index (χ1) is 8.65. The van der Waals surface area contributed by atoms with Crippen LogP contribution in [0.15, 0.2) is 12.7 Å². The molecule has 0 saturated heterocycles. The molecule has 3 fully saturated rings. The van der Waals surface area contributed by atoms with E-state index >= 15 is 0 Å². The lowest BCUT2D eigenvalue weighted by atomic mass is 9.45. The van der Waals surface area contributed by atoms with Crippen LogP contribution in [0.4, 0.5) is 0 Å². The number of carbonyl (C=O) groups is 1. The number of hydrogen-bond acceptors (Lipinski definition) is 2. The average Bonchev–Trinajstić information content (AvgIpc) is 2.35. The third-order valence-corrected chi connectivity index (χ3v) is 11.1. The maximum absolute atomic E-state index is 11.3. The van der Waals surface area contributed by atoms with Gasteiger partial charge in [-0.3, -0.25) is 0 Å². The second-order valence-electron chi connectivity index (χ2n) is 7.96. The quantitative estimate of drug-likeness (QED) is 0.439. The number of fused-ring (bicyclic) bond motifs is 2. The van der Waals surface area contributed by atoms with Crippen molar-refractivity contribution in [1.82, 2.24) is 0 Å². The molecule has 3 atom stereocenters. The van der Waals surface area contributed by atoms with Gasteiger partial charge in [0.2, 0.25) is 0 Å². The number of carbonyl (C=O) groups excluding carboxylic acids is 1. The predicted octanol–water partition coefficient (Wildman–Crippen LogP) is 4.18. The van der Waals surface area contributed by atoms with Crippen molar-refractivity contribution >= 4 is 14.0 Å². The van der Waals surface area contributed by atoms with E-state index in [2.05, 4.69) is 40.4 Å². The molecule has 19 heavy (non-hydrogen) atoms. The molecule has 2 nitrogen and oxygen atoms in total. The van der Waals surface area contributed by atoms with E-state index in [9.17, 15) is 4.79 Å². The van der Waals surface area contributed by atoms with E-state index in [1.807, 2.05) is 0 Å². The van der Waals surface area contributed by atoms with E-state index < -0.39 is 8.07 Å². The van der Waals surface area contributed by atoms with Gasteiger partial charge in [0.05, 0.1) is 14.3 Å². The fourth-order valence-electron chi connectivity index (χ4n) is 4.52. The molecule has 108 valence electrons. The fraction of sp³-hybridized carbons (Fsp3) is 0.812. The average molecular weight is 280 g/mol. The molecular weight excluding hydrogens is 252 g/mol. The molecular formula is C16H28O2Si. The minimum Gasteiger partial charge on any atom is -0.466 e. The molecule has 0 amide bonds. The van der Waals surface area contributed by atoms with Gasteiger partial charge in [0.15, 0.2) is 0 Å². The summed E-state index contributed by atoms with van der Waals surface area (Å²) in [5, 5.41) is 0.396.